The van der Waals surface area contributed by atoms with Crippen molar-refractivity contribution in [2.45, 2.75) is 37.7 Å². The second-order valence-electron chi connectivity index (χ2n) is 7.25. The van der Waals surface area contributed by atoms with Gasteiger partial charge in [0.25, 0.3) is 0 Å². The summed E-state index contributed by atoms with van der Waals surface area (Å²) >= 11 is 0. The third kappa shape index (κ3) is 3.82. The van der Waals surface area contributed by atoms with E-state index in [2.05, 4.69) is 25.1 Å². The molecule has 0 radical (unpaired) electrons. The van der Waals surface area contributed by atoms with E-state index in [-0.39, 0.29) is 0 Å². The first-order valence-corrected chi connectivity index (χ1v) is 9.25. The van der Waals surface area contributed by atoms with E-state index in [0.717, 1.165) is 70.0 Å². The lowest BCUT2D eigenvalue weighted by Crippen LogP contribution is -2.52. The Bertz CT molecular complexity index is 657. The Hall–Kier alpha value is -1.99. The van der Waals surface area contributed by atoms with Gasteiger partial charge in [0.2, 0.25) is 0 Å². The van der Waals surface area contributed by atoms with Crippen LogP contribution in [0.25, 0.3) is 5.82 Å². The molecule has 0 aromatic carbocycles. The second-order valence-corrected chi connectivity index (χ2v) is 7.25. The normalized spacial score (nSPS) is 21.4. The number of aliphatic hydroxyl groups is 1. The van der Waals surface area contributed by atoms with Crippen molar-refractivity contribution < 1.29 is 5.11 Å². The Morgan fingerprint density at radius 1 is 0.960 bits per heavy atom. The average Bonchev–Trinajstić information content (AvgIpc) is 3.18. The summed E-state index contributed by atoms with van der Waals surface area (Å²) in [5, 5.41) is 23.5. The van der Waals surface area contributed by atoms with Gasteiger partial charge < -0.3 is 10.0 Å². The first-order chi connectivity index (χ1) is 12.2. The molecule has 0 bridgehead atoms. The monoisotopic (exact) mass is 342 g/mol. The molecule has 1 aliphatic heterocycles. The Morgan fingerprint density at radius 3 is 2.32 bits per heavy atom. The average molecular weight is 342 g/mol. The standard InChI is InChI=1S/C18H26N6O/c25-18(7-2-1-3-8-18)15-22-11-13-23(14-12-22)16-5-6-17(21-20-16)24-10-4-9-19-24/h4-6,9-10,25H,1-3,7-8,11-15H2. The van der Waals surface area contributed by atoms with E-state index in [4.69, 9.17) is 0 Å². The number of anilines is 1. The topological polar surface area (TPSA) is 70.3 Å². The van der Waals surface area contributed by atoms with Crippen LogP contribution in [0, 0.1) is 0 Å². The van der Waals surface area contributed by atoms with Gasteiger partial charge in [0.15, 0.2) is 11.6 Å². The maximum absolute atomic E-state index is 10.7. The van der Waals surface area contributed by atoms with Crippen molar-refractivity contribution in [3.63, 3.8) is 0 Å². The summed E-state index contributed by atoms with van der Waals surface area (Å²) in [6.45, 7) is 4.58. The van der Waals surface area contributed by atoms with Gasteiger partial charge in [-0.05, 0) is 31.0 Å². The van der Waals surface area contributed by atoms with Crippen molar-refractivity contribution in [3.8, 4) is 5.82 Å². The van der Waals surface area contributed by atoms with Crippen LogP contribution in [0.2, 0.25) is 0 Å². The van der Waals surface area contributed by atoms with Crippen LogP contribution < -0.4 is 4.90 Å². The summed E-state index contributed by atoms with van der Waals surface area (Å²) in [7, 11) is 0. The van der Waals surface area contributed by atoms with E-state index >= 15 is 0 Å². The lowest BCUT2D eigenvalue weighted by atomic mass is 9.84. The van der Waals surface area contributed by atoms with E-state index in [9.17, 15) is 5.11 Å². The molecule has 7 heteroatoms. The highest BCUT2D eigenvalue weighted by Crippen LogP contribution is 2.29. The van der Waals surface area contributed by atoms with Crippen LogP contribution in [0.3, 0.4) is 0 Å². The minimum atomic E-state index is -0.467. The number of piperazine rings is 1. The molecule has 25 heavy (non-hydrogen) atoms. The SMILES string of the molecule is OC1(CN2CCN(c3ccc(-n4cccn4)nn3)CC2)CCCCC1. The quantitative estimate of drug-likeness (QED) is 0.908. The molecule has 134 valence electrons. The Labute approximate surface area is 148 Å². The van der Waals surface area contributed by atoms with Crippen LogP contribution in [0.15, 0.2) is 30.6 Å². The molecule has 0 amide bonds. The number of rotatable bonds is 4. The minimum Gasteiger partial charge on any atom is -0.389 e. The zero-order chi connectivity index (χ0) is 17.1. The van der Waals surface area contributed by atoms with Gasteiger partial charge in [-0.15, -0.1) is 10.2 Å². The zero-order valence-corrected chi connectivity index (χ0v) is 14.6. The molecule has 4 rings (SSSR count). The van der Waals surface area contributed by atoms with Crippen molar-refractivity contribution in [2.24, 2.45) is 0 Å². The number of β-amino-alcohol motifs (C(OH)–C–C–N with tert-alkyl or cyclic N) is 1. The van der Waals surface area contributed by atoms with Gasteiger partial charge in [-0.2, -0.15) is 5.10 Å². The van der Waals surface area contributed by atoms with Gasteiger partial charge in [0.1, 0.15) is 0 Å². The van der Waals surface area contributed by atoms with Crippen molar-refractivity contribution >= 4 is 5.82 Å². The Kier molecular flexibility index (Phi) is 4.67. The van der Waals surface area contributed by atoms with E-state index in [1.54, 1.807) is 10.9 Å². The maximum atomic E-state index is 10.7. The number of hydrogen-bond donors (Lipinski definition) is 1. The van der Waals surface area contributed by atoms with Crippen molar-refractivity contribution in [1.82, 2.24) is 24.9 Å². The highest BCUT2D eigenvalue weighted by molar-refractivity contribution is 5.40. The molecule has 7 nitrogen and oxygen atoms in total. The van der Waals surface area contributed by atoms with Gasteiger partial charge in [-0.3, -0.25) is 4.90 Å². The lowest BCUT2D eigenvalue weighted by molar-refractivity contribution is -0.0271. The molecule has 2 aromatic rings. The molecule has 0 atom stereocenters. The molecule has 1 saturated carbocycles. The minimum absolute atomic E-state index is 0.467. The van der Waals surface area contributed by atoms with Crippen molar-refractivity contribution in [3.05, 3.63) is 30.6 Å². The van der Waals surface area contributed by atoms with Gasteiger partial charge in [-0.25, -0.2) is 4.68 Å². The van der Waals surface area contributed by atoms with Crippen LogP contribution in [-0.4, -0.2) is 68.3 Å². The number of aromatic nitrogens is 4. The fraction of sp³-hybridized carbons (Fsp3) is 0.611. The van der Waals surface area contributed by atoms with Crippen LogP contribution >= 0.6 is 0 Å². The summed E-state index contributed by atoms with van der Waals surface area (Å²) in [6, 6.07) is 5.83. The molecule has 2 fully saturated rings. The molecule has 0 unspecified atom stereocenters. The molecular weight excluding hydrogens is 316 g/mol. The number of hydrogen-bond acceptors (Lipinski definition) is 6. The summed E-state index contributed by atoms with van der Waals surface area (Å²) in [5.74, 6) is 1.64. The fourth-order valence-electron chi connectivity index (χ4n) is 3.93. The third-order valence-electron chi connectivity index (χ3n) is 5.37. The molecular formula is C18H26N6O. The molecule has 2 aliphatic rings. The predicted molar refractivity (Wildman–Crippen MR) is 95.8 cm³/mol. The second kappa shape index (κ2) is 7.09. The van der Waals surface area contributed by atoms with Crippen molar-refractivity contribution in [1.29, 1.82) is 0 Å². The summed E-state index contributed by atoms with van der Waals surface area (Å²) < 4.78 is 1.71. The van der Waals surface area contributed by atoms with Gasteiger partial charge in [-0.1, -0.05) is 19.3 Å². The molecule has 1 N–H and O–H groups in total. The third-order valence-corrected chi connectivity index (χ3v) is 5.37. The highest BCUT2D eigenvalue weighted by atomic mass is 16.3. The van der Waals surface area contributed by atoms with Crippen LogP contribution in [0.4, 0.5) is 5.82 Å². The first-order valence-electron chi connectivity index (χ1n) is 9.25. The van der Waals surface area contributed by atoms with Crippen LogP contribution in [0.5, 0.6) is 0 Å². The Morgan fingerprint density at radius 2 is 1.68 bits per heavy atom. The van der Waals surface area contributed by atoms with Gasteiger partial charge in [0.05, 0.1) is 5.60 Å². The van der Waals surface area contributed by atoms with Crippen molar-refractivity contribution in [2.75, 3.05) is 37.6 Å². The van der Waals surface area contributed by atoms with Gasteiger partial charge in [0, 0.05) is 45.1 Å². The fourth-order valence-corrected chi connectivity index (χ4v) is 3.93. The largest absolute Gasteiger partial charge is 0.389 e. The molecule has 3 heterocycles. The van der Waals surface area contributed by atoms with Crippen LogP contribution in [0.1, 0.15) is 32.1 Å². The van der Waals surface area contributed by atoms with Crippen LogP contribution in [-0.2, 0) is 0 Å². The molecule has 2 aromatic heterocycles. The zero-order valence-electron chi connectivity index (χ0n) is 14.6. The van der Waals surface area contributed by atoms with Gasteiger partial charge >= 0.3 is 0 Å². The Balaban J connectivity index is 1.32. The summed E-state index contributed by atoms with van der Waals surface area (Å²) in [6.07, 6.45) is 9.08. The lowest BCUT2D eigenvalue weighted by Gasteiger charge is -2.41. The van der Waals surface area contributed by atoms with E-state index < -0.39 is 5.60 Å². The molecule has 1 aliphatic carbocycles. The summed E-state index contributed by atoms with van der Waals surface area (Å²) in [5.41, 5.74) is -0.467. The molecule has 1 saturated heterocycles. The number of nitrogens with zero attached hydrogens (tertiary/aromatic N) is 6. The first kappa shape index (κ1) is 16.5. The van der Waals surface area contributed by atoms with E-state index in [0.29, 0.717) is 0 Å². The van der Waals surface area contributed by atoms with E-state index in [1.807, 2.05) is 24.4 Å². The maximum Gasteiger partial charge on any atom is 0.175 e. The smallest absolute Gasteiger partial charge is 0.175 e. The highest BCUT2D eigenvalue weighted by Gasteiger charge is 2.32. The summed E-state index contributed by atoms with van der Waals surface area (Å²) in [4.78, 5) is 4.66. The predicted octanol–water partition coefficient (Wildman–Crippen LogP) is 1.48. The molecule has 0 spiro atoms. The van der Waals surface area contributed by atoms with E-state index in [1.165, 1.54) is 6.42 Å².